The zero-order valence-electron chi connectivity index (χ0n) is 12.0. The molecule has 4 heteroatoms. The summed E-state index contributed by atoms with van der Waals surface area (Å²) in [7, 11) is 0. The van der Waals surface area contributed by atoms with E-state index < -0.39 is 22.8 Å². The van der Waals surface area contributed by atoms with Crippen LogP contribution >= 0.6 is 0 Å². The van der Waals surface area contributed by atoms with Crippen LogP contribution in [0, 0.1) is 5.92 Å². The Morgan fingerprint density at radius 2 is 1.95 bits per heavy atom. The highest BCUT2D eigenvalue weighted by Crippen LogP contribution is 2.53. The molecule has 4 unspecified atom stereocenters. The van der Waals surface area contributed by atoms with Crippen molar-refractivity contribution in [2.75, 3.05) is 0 Å². The summed E-state index contributed by atoms with van der Waals surface area (Å²) in [5.74, 6) is -0.662. The van der Waals surface area contributed by atoms with Gasteiger partial charge in [-0.3, -0.25) is 0 Å². The molecule has 0 aromatic carbocycles. The van der Waals surface area contributed by atoms with E-state index in [9.17, 15) is 15.0 Å². The molecule has 0 spiro atoms. The van der Waals surface area contributed by atoms with Crippen LogP contribution in [0.2, 0.25) is 0 Å². The number of ether oxygens (including phenoxy) is 1. The van der Waals surface area contributed by atoms with Crippen molar-refractivity contribution >= 4 is 5.97 Å². The second-order valence-corrected chi connectivity index (χ2v) is 6.74. The van der Waals surface area contributed by atoms with Gasteiger partial charge in [0.05, 0.1) is 11.2 Å². The molecule has 2 N–H and O–H groups in total. The zero-order valence-corrected chi connectivity index (χ0v) is 12.0. The van der Waals surface area contributed by atoms with Gasteiger partial charge in [0.25, 0.3) is 0 Å². The molecule has 2 saturated carbocycles. The van der Waals surface area contributed by atoms with Crippen LogP contribution in [0.1, 0.15) is 52.9 Å². The molecule has 2 bridgehead atoms. The average Bonchev–Trinajstić information content (AvgIpc) is 2.25. The molecule has 2 fully saturated rings. The summed E-state index contributed by atoms with van der Waals surface area (Å²) in [6.45, 7) is 8.89. The first-order valence-electron chi connectivity index (χ1n) is 6.94. The second kappa shape index (κ2) is 4.32. The molecule has 2 aliphatic carbocycles. The molecular weight excluding hydrogens is 244 g/mol. The maximum atomic E-state index is 11.8. The fourth-order valence-corrected chi connectivity index (χ4v) is 3.79. The maximum Gasteiger partial charge on any atom is 0.333 e. The van der Waals surface area contributed by atoms with Gasteiger partial charge in [-0.1, -0.05) is 13.5 Å². The molecule has 0 aliphatic heterocycles. The van der Waals surface area contributed by atoms with Crippen LogP contribution in [0.15, 0.2) is 12.2 Å². The third kappa shape index (κ3) is 2.43. The minimum atomic E-state index is -0.949. The molecule has 2 rings (SSSR count). The number of aliphatic hydroxyl groups is 2. The molecule has 19 heavy (non-hydrogen) atoms. The third-order valence-electron chi connectivity index (χ3n) is 4.96. The van der Waals surface area contributed by atoms with Gasteiger partial charge in [-0.05, 0) is 33.1 Å². The number of rotatable bonds is 2. The molecule has 108 valence electrons. The molecule has 0 saturated heterocycles. The molecule has 0 radical (unpaired) electrons. The first kappa shape index (κ1) is 14.5. The molecule has 4 atom stereocenters. The SMILES string of the molecule is C=C(C)C(=O)OC1(C)CC2(O)CCCC(O)(C2)C1C. The Hall–Kier alpha value is -0.870. The minimum Gasteiger partial charge on any atom is -0.456 e. The number of esters is 1. The van der Waals surface area contributed by atoms with Crippen molar-refractivity contribution in [1.82, 2.24) is 0 Å². The highest BCUT2D eigenvalue weighted by atomic mass is 16.6. The number of hydrogen-bond donors (Lipinski definition) is 2. The quantitative estimate of drug-likeness (QED) is 0.593. The maximum absolute atomic E-state index is 11.8. The monoisotopic (exact) mass is 268 g/mol. The van der Waals surface area contributed by atoms with Gasteiger partial charge in [0.2, 0.25) is 0 Å². The standard InChI is InChI=1S/C15H24O4/c1-10(2)12(16)19-13(4)8-14(17)6-5-7-15(18,9-14)11(13)3/h11,17-18H,1,5-9H2,2-4H3. The number of hydrogen-bond acceptors (Lipinski definition) is 4. The predicted octanol–water partition coefficient (Wildman–Crippen LogP) is 1.94. The van der Waals surface area contributed by atoms with Gasteiger partial charge in [-0.25, -0.2) is 4.79 Å². The Kier molecular flexibility index (Phi) is 3.30. The van der Waals surface area contributed by atoms with Gasteiger partial charge in [-0.15, -0.1) is 0 Å². The summed E-state index contributed by atoms with van der Waals surface area (Å²) in [5, 5.41) is 21.3. The van der Waals surface area contributed by atoms with E-state index in [1.54, 1.807) is 13.8 Å². The van der Waals surface area contributed by atoms with Crippen molar-refractivity contribution in [2.24, 2.45) is 5.92 Å². The van der Waals surface area contributed by atoms with Crippen LogP contribution < -0.4 is 0 Å². The van der Waals surface area contributed by atoms with Crippen molar-refractivity contribution in [2.45, 2.75) is 69.7 Å². The van der Waals surface area contributed by atoms with E-state index in [1.165, 1.54) is 0 Å². The Bertz CT molecular complexity index is 418. The van der Waals surface area contributed by atoms with E-state index in [2.05, 4.69) is 6.58 Å². The summed E-state index contributed by atoms with van der Waals surface area (Å²) in [4.78, 5) is 11.8. The largest absolute Gasteiger partial charge is 0.456 e. The van der Waals surface area contributed by atoms with Gasteiger partial charge in [0.1, 0.15) is 5.60 Å². The summed E-state index contributed by atoms with van der Waals surface area (Å²) >= 11 is 0. The Morgan fingerprint density at radius 1 is 1.32 bits per heavy atom. The first-order valence-corrected chi connectivity index (χ1v) is 6.94. The number of carbonyl (C=O) groups excluding carboxylic acids is 1. The Morgan fingerprint density at radius 3 is 2.53 bits per heavy atom. The molecule has 0 amide bonds. The summed E-state index contributed by atoms with van der Waals surface area (Å²) in [6.07, 6.45) is 2.87. The smallest absolute Gasteiger partial charge is 0.333 e. The van der Waals surface area contributed by atoms with E-state index in [-0.39, 0.29) is 5.92 Å². The highest BCUT2D eigenvalue weighted by molar-refractivity contribution is 5.87. The van der Waals surface area contributed by atoms with Gasteiger partial charge < -0.3 is 14.9 Å². The highest BCUT2D eigenvalue weighted by Gasteiger charge is 2.60. The average molecular weight is 268 g/mol. The van der Waals surface area contributed by atoms with E-state index in [0.717, 1.165) is 6.42 Å². The zero-order chi connectivity index (χ0) is 14.5. The lowest BCUT2D eigenvalue weighted by molar-refractivity contribution is -0.238. The van der Waals surface area contributed by atoms with Crippen molar-refractivity contribution in [3.05, 3.63) is 12.2 Å². The lowest BCUT2D eigenvalue weighted by Gasteiger charge is -2.57. The minimum absolute atomic E-state index is 0.205. The molecule has 4 nitrogen and oxygen atoms in total. The van der Waals surface area contributed by atoms with Crippen LogP contribution in [-0.2, 0) is 9.53 Å². The number of fused-ring (bicyclic) bond motifs is 2. The van der Waals surface area contributed by atoms with E-state index in [4.69, 9.17) is 4.74 Å². The fraction of sp³-hybridized carbons (Fsp3) is 0.800. The molecule has 0 aromatic heterocycles. The van der Waals surface area contributed by atoms with Crippen LogP contribution in [-0.4, -0.2) is 33.0 Å². The third-order valence-corrected chi connectivity index (χ3v) is 4.96. The van der Waals surface area contributed by atoms with Crippen LogP contribution in [0.25, 0.3) is 0 Å². The van der Waals surface area contributed by atoms with Crippen molar-refractivity contribution in [3.63, 3.8) is 0 Å². The topological polar surface area (TPSA) is 66.8 Å². The lowest BCUT2D eigenvalue weighted by atomic mass is 9.56. The normalized spacial score (nSPS) is 45.6. The first-order chi connectivity index (χ1) is 8.60. The lowest BCUT2D eigenvalue weighted by Crippen LogP contribution is -2.64. The summed E-state index contributed by atoms with van der Waals surface area (Å²) in [5.41, 5.74) is -2.39. The second-order valence-electron chi connectivity index (χ2n) is 6.74. The fourth-order valence-electron chi connectivity index (χ4n) is 3.79. The van der Waals surface area contributed by atoms with Crippen LogP contribution in [0.3, 0.4) is 0 Å². The van der Waals surface area contributed by atoms with Crippen LogP contribution in [0.4, 0.5) is 0 Å². The Labute approximate surface area is 114 Å². The number of carbonyl (C=O) groups is 1. The van der Waals surface area contributed by atoms with Gasteiger partial charge in [0, 0.05) is 24.3 Å². The summed E-state index contributed by atoms with van der Waals surface area (Å²) < 4.78 is 5.56. The van der Waals surface area contributed by atoms with Crippen molar-refractivity contribution < 1.29 is 19.7 Å². The van der Waals surface area contributed by atoms with Gasteiger partial charge >= 0.3 is 5.97 Å². The molecule has 0 aromatic rings. The van der Waals surface area contributed by atoms with E-state index in [0.29, 0.717) is 31.3 Å². The van der Waals surface area contributed by atoms with E-state index >= 15 is 0 Å². The van der Waals surface area contributed by atoms with Gasteiger partial charge in [0.15, 0.2) is 0 Å². The predicted molar refractivity (Wildman–Crippen MR) is 71.5 cm³/mol. The van der Waals surface area contributed by atoms with E-state index in [1.807, 2.05) is 6.92 Å². The van der Waals surface area contributed by atoms with Crippen molar-refractivity contribution in [3.8, 4) is 0 Å². The molecule has 0 heterocycles. The van der Waals surface area contributed by atoms with Crippen LogP contribution in [0.5, 0.6) is 0 Å². The van der Waals surface area contributed by atoms with Gasteiger partial charge in [-0.2, -0.15) is 0 Å². The van der Waals surface area contributed by atoms with Crippen molar-refractivity contribution in [1.29, 1.82) is 0 Å². The summed E-state index contributed by atoms with van der Waals surface area (Å²) in [6, 6.07) is 0. The molecule has 2 aliphatic rings. The Balaban J connectivity index is 2.29. The molecular formula is C15H24O4.